The molecule has 60 heavy (non-hydrogen) atoms. The van der Waals surface area contributed by atoms with E-state index in [1.165, 1.54) is 18.3 Å². The van der Waals surface area contributed by atoms with Crippen molar-refractivity contribution in [3.8, 4) is 11.1 Å². The van der Waals surface area contributed by atoms with Crippen LogP contribution in [0.25, 0.3) is 11.1 Å². The average molecular weight is 832 g/mol. The standard InChI is InChI=1S/C46H49N5O8S/c1-29-15-22-35(23-16-29)48-45(57)40(52)28-41(53)49-39(27-36-14-9-25-60-36)44(56)51-38(26-32-17-20-34(21-18-32)33-12-7-4-8-13-33)43(55)50-37(42(54)47-30(2)46(58)59)24-19-31-10-5-3-6-11-31/h3-18,20-23,25,30,37-40,52H,19,24,26-28H2,1-2H3,(H,47,54)(H,48,57)(H,49,53)(H,50,55)(H,51,56)(H,58,59). The lowest BCUT2D eigenvalue weighted by atomic mass is 9.99. The van der Waals surface area contributed by atoms with Crippen molar-refractivity contribution in [3.63, 3.8) is 0 Å². The normalized spacial score (nSPS) is 13.4. The lowest BCUT2D eigenvalue weighted by molar-refractivity contribution is -0.141. The third kappa shape index (κ3) is 13.7. The van der Waals surface area contributed by atoms with Crippen LogP contribution in [0.4, 0.5) is 5.69 Å². The Labute approximate surface area is 352 Å². The van der Waals surface area contributed by atoms with E-state index in [4.69, 9.17) is 0 Å². The third-order valence-corrected chi connectivity index (χ3v) is 10.6. The highest BCUT2D eigenvalue weighted by atomic mass is 32.1. The first-order valence-electron chi connectivity index (χ1n) is 19.5. The summed E-state index contributed by atoms with van der Waals surface area (Å²) in [6.07, 6.45) is -1.84. The molecule has 7 N–H and O–H groups in total. The Hall–Kier alpha value is -6.64. The number of carboxylic acid groups (broad SMARTS) is 1. The summed E-state index contributed by atoms with van der Waals surface area (Å²) in [5, 5.41) is 35.1. The molecule has 1 heterocycles. The second-order valence-corrected chi connectivity index (χ2v) is 15.5. The van der Waals surface area contributed by atoms with E-state index in [-0.39, 0.29) is 19.3 Å². The number of thiophene rings is 1. The molecule has 13 nitrogen and oxygen atoms in total. The molecule has 5 aromatic rings. The highest BCUT2D eigenvalue weighted by Crippen LogP contribution is 2.20. The summed E-state index contributed by atoms with van der Waals surface area (Å²) >= 11 is 1.36. The molecule has 312 valence electrons. The maximum Gasteiger partial charge on any atom is 0.325 e. The predicted molar refractivity (Wildman–Crippen MR) is 230 cm³/mol. The number of amides is 5. The van der Waals surface area contributed by atoms with Gasteiger partial charge in [-0.3, -0.25) is 28.8 Å². The molecule has 0 aliphatic rings. The van der Waals surface area contributed by atoms with Crippen LogP contribution in [0.3, 0.4) is 0 Å². The first-order chi connectivity index (χ1) is 28.8. The summed E-state index contributed by atoms with van der Waals surface area (Å²) in [6, 6.07) is 32.0. The van der Waals surface area contributed by atoms with Crippen LogP contribution < -0.4 is 26.6 Å². The van der Waals surface area contributed by atoms with E-state index in [1.807, 2.05) is 97.2 Å². The van der Waals surface area contributed by atoms with Crippen molar-refractivity contribution in [2.45, 2.75) is 76.2 Å². The highest BCUT2D eigenvalue weighted by Gasteiger charge is 2.32. The van der Waals surface area contributed by atoms with Crippen LogP contribution in [0.15, 0.2) is 127 Å². The summed E-state index contributed by atoms with van der Waals surface area (Å²) in [5.74, 6) is -4.97. The van der Waals surface area contributed by atoms with Crippen molar-refractivity contribution in [3.05, 3.63) is 148 Å². The molecule has 0 aliphatic heterocycles. The SMILES string of the molecule is Cc1ccc(NC(=O)C(O)CC(=O)NC(Cc2cccs2)C(=O)NC(Cc2ccc(-c3ccccc3)cc2)C(=O)NC(CCc2ccccc2)C(=O)NC(C)C(=O)O)cc1. The number of benzene rings is 4. The fourth-order valence-electron chi connectivity index (χ4n) is 6.28. The fraction of sp³-hybridized carbons (Fsp3) is 0.261. The van der Waals surface area contributed by atoms with Gasteiger partial charge in [-0.25, -0.2) is 0 Å². The molecule has 0 aliphatic carbocycles. The maximum absolute atomic E-state index is 14.3. The van der Waals surface area contributed by atoms with E-state index >= 15 is 0 Å². The number of rotatable bonds is 20. The number of carboxylic acids is 1. The Bertz CT molecular complexity index is 2200. The van der Waals surface area contributed by atoms with Crippen LogP contribution in [-0.4, -0.2) is 76.0 Å². The zero-order chi connectivity index (χ0) is 43.0. The highest BCUT2D eigenvalue weighted by molar-refractivity contribution is 7.09. The molecule has 1 aromatic heterocycles. The number of aliphatic hydroxyl groups excluding tert-OH is 1. The number of hydrogen-bond acceptors (Lipinski definition) is 8. The minimum absolute atomic E-state index is 0.0112. The van der Waals surface area contributed by atoms with Crippen molar-refractivity contribution >= 4 is 52.5 Å². The number of carbonyl (C=O) groups is 6. The molecule has 5 rings (SSSR count). The molecule has 5 atom stereocenters. The average Bonchev–Trinajstić information content (AvgIpc) is 3.76. The monoisotopic (exact) mass is 831 g/mol. The second kappa shape index (κ2) is 21.9. The largest absolute Gasteiger partial charge is 0.480 e. The van der Waals surface area contributed by atoms with Gasteiger partial charge in [-0.15, -0.1) is 11.3 Å². The number of hydrogen-bond donors (Lipinski definition) is 7. The van der Waals surface area contributed by atoms with Crippen LogP contribution in [0.5, 0.6) is 0 Å². The Balaban J connectivity index is 1.37. The van der Waals surface area contributed by atoms with Gasteiger partial charge in [-0.05, 0) is 72.5 Å². The molecular formula is C46H49N5O8S. The molecule has 5 unspecified atom stereocenters. The van der Waals surface area contributed by atoms with Crippen molar-refractivity contribution in [2.24, 2.45) is 0 Å². The number of aryl methyl sites for hydroxylation is 2. The van der Waals surface area contributed by atoms with Crippen LogP contribution >= 0.6 is 11.3 Å². The van der Waals surface area contributed by atoms with Crippen LogP contribution in [-0.2, 0) is 48.0 Å². The van der Waals surface area contributed by atoms with Crippen molar-refractivity contribution in [1.29, 1.82) is 0 Å². The van der Waals surface area contributed by atoms with Crippen LogP contribution in [0, 0.1) is 6.92 Å². The first-order valence-corrected chi connectivity index (χ1v) is 20.4. The zero-order valence-corrected chi connectivity index (χ0v) is 34.1. The van der Waals surface area contributed by atoms with Gasteiger partial charge in [0.2, 0.25) is 23.6 Å². The van der Waals surface area contributed by atoms with Gasteiger partial charge in [0.15, 0.2) is 0 Å². The maximum atomic E-state index is 14.3. The Morgan fingerprint density at radius 3 is 1.80 bits per heavy atom. The predicted octanol–water partition coefficient (Wildman–Crippen LogP) is 4.57. The van der Waals surface area contributed by atoms with Crippen molar-refractivity contribution in [2.75, 3.05) is 5.32 Å². The van der Waals surface area contributed by atoms with Gasteiger partial charge in [0.1, 0.15) is 30.3 Å². The zero-order valence-electron chi connectivity index (χ0n) is 33.3. The van der Waals surface area contributed by atoms with Crippen LogP contribution in [0.1, 0.15) is 41.3 Å². The molecule has 5 amide bonds. The summed E-state index contributed by atoms with van der Waals surface area (Å²) in [6.45, 7) is 3.20. The summed E-state index contributed by atoms with van der Waals surface area (Å²) < 4.78 is 0. The van der Waals surface area contributed by atoms with Gasteiger partial charge < -0.3 is 36.8 Å². The topological polar surface area (TPSA) is 203 Å². The van der Waals surface area contributed by atoms with Gasteiger partial charge in [-0.1, -0.05) is 109 Å². The molecule has 0 saturated carbocycles. The lowest BCUT2D eigenvalue weighted by Crippen LogP contribution is -2.58. The minimum Gasteiger partial charge on any atom is -0.480 e. The molecule has 0 radical (unpaired) electrons. The molecule has 0 bridgehead atoms. The van der Waals surface area contributed by atoms with E-state index in [0.29, 0.717) is 17.7 Å². The smallest absolute Gasteiger partial charge is 0.325 e. The minimum atomic E-state index is -1.73. The van der Waals surface area contributed by atoms with Crippen LogP contribution in [0.2, 0.25) is 0 Å². The third-order valence-electron chi connectivity index (χ3n) is 9.70. The lowest BCUT2D eigenvalue weighted by Gasteiger charge is -2.26. The summed E-state index contributed by atoms with van der Waals surface area (Å²) in [4.78, 5) is 80.4. The molecule has 4 aromatic carbocycles. The van der Waals surface area contributed by atoms with Gasteiger partial charge in [0.25, 0.3) is 5.91 Å². The van der Waals surface area contributed by atoms with Gasteiger partial charge in [0, 0.05) is 23.4 Å². The van der Waals surface area contributed by atoms with E-state index in [9.17, 15) is 39.0 Å². The quantitative estimate of drug-likeness (QED) is 0.0591. The van der Waals surface area contributed by atoms with Crippen molar-refractivity contribution in [1.82, 2.24) is 21.3 Å². The van der Waals surface area contributed by atoms with E-state index < -0.39 is 72.2 Å². The molecule has 14 heteroatoms. The second-order valence-electron chi connectivity index (χ2n) is 14.5. The van der Waals surface area contributed by atoms with E-state index in [2.05, 4.69) is 26.6 Å². The number of aliphatic carboxylic acids is 1. The Morgan fingerprint density at radius 2 is 1.18 bits per heavy atom. The van der Waals surface area contributed by atoms with E-state index in [0.717, 1.165) is 27.1 Å². The number of anilines is 1. The number of aliphatic hydroxyl groups is 1. The molecule has 0 fully saturated rings. The molecule has 0 saturated heterocycles. The van der Waals surface area contributed by atoms with Gasteiger partial charge in [0.05, 0.1) is 6.42 Å². The number of nitrogens with one attached hydrogen (secondary N) is 5. The van der Waals surface area contributed by atoms with Gasteiger partial charge in [-0.2, -0.15) is 0 Å². The Kier molecular flexibility index (Phi) is 16.3. The summed E-state index contributed by atoms with van der Waals surface area (Å²) in [5.41, 5.74) is 4.91. The first kappa shape index (κ1) is 44.5. The van der Waals surface area contributed by atoms with E-state index in [1.54, 1.807) is 36.4 Å². The summed E-state index contributed by atoms with van der Waals surface area (Å²) in [7, 11) is 0. The van der Waals surface area contributed by atoms with Gasteiger partial charge >= 0.3 is 5.97 Å². The number of carbonyl (C=O) groups excluding carboxylic acids is 5. The molecule has 0 spiro atoms. The molecular weight excluding hydrogens is 783 g/mol. The Morgan fingerprint density at radius 1 is 0.600 bits per heavy atom. The van der Waals surface area contributed by atoms with Crippen molar-refractivity contribution < 1.29 is 39.0 Å². The fourth-order valence-corrected chi connectivity index (χ4v) is 7.03.